The van der Waals surface area contributed by atoms with Crippen molar-refractivity contribution in [1.29, 1.82) is 0 Å². The number of nitrogens with two attached hydrogens (primary N) is 1. The molecule has 0 rings (SSSR count). The average molecular weight is 159 g/mol. The topological polar surface area (TPSA) is 52.3 Å². The van der Waals surface area contributed by atoms with Gasteiger partial charge in [-0.25, -0.2) is 0 Å². The maximum Gasteiger partial charge on any atom is 0.307 e. The van der Waals surface area contributed by atoms with Gasteiger partial charge < -0.3 is 10.5 Å². The van der Waals surface area contributed by atoms with Crippen LogP contribution >= 0.6 is 0 Å². The van der Waals surface area contributed by atoms with E-state index >= 15 is 0 Å². The molecule has 0 heterocycles. The van der Waals surface area contributed by atoms with Gasteiger partial charge in [0.2, 0.25) is 0 Å². The van der Waals surface area contributed by atoms with Crippen LogP contribution in [0.15, 0.2) is 0 Å². The SMILES string of the molecule is CCOC(=O)C[C@@](C)(N)CC. The summed E-state index contributed by atoms with van der Waals surface area (Å²) in [6.07, 6.45) is 1.09. The quantitative estimate of drug-likeness (QED) is 0.624. The van der Waals surface area contributed by atoms with E-state index in [0.717, 1.165) is 6.42 Å². The van der Waals surface area contributed by atoms with Crippen molar-refractivity contribution in [2.45, 2.75) is 39.2 Å². The summed E-state index contributed by atoms with van der Waals surface area (Å²) in [6.45, 7) is 6.03. The first-order valence-corrected chi connectivity index (χ1v) is 3.96. The Kier molecular flexibility index (Phi) is 4.11. The van der Waals surface area contributed by atoms with Crippen LogP contribution in [0.2, 0.25) is 0 Å². The number of carbonyl (C=O) groups excluding carboxylic acids is 1. The maximum absolute atomic E-state index is 10.9. The number of hydrogen-bond acceptors (Lipinski definition) is 3. The van der Waals surface area contributed by atoms with Crippen molar-refractivity contribution in [3.63, 3.8) is 0 Å². The molecule has 0 aromatic heterocycles. The summed E-state index contributed by atoms with van der Waals surface area (Å²) in [5.41, 5.74) is 5.34. The van der Waals surface area contributed by atoms with Crippen molar-refractivity contribution in [2.75, 3.05) is 6.61 Å². The lowest BCUT2D eigenvalue weighted by atomic mass is 9.96. The van der Waals surface area contributed by atoms with Crippen LogP contribution in [-0.2, 0) is 9.53 Å². The molecule has 2 N–H and O–H groups in total. The normalized spacial score (nSPS) is 15.6. The summed E-state index contributed by atoms with van der Waals surface area (Å²) >= 11 is 0. The number of hydrogen-bond donors (Lipinski definition) is 1. The fourth-order valence-corrected chi connectivity index (χ4v) is 0.667. The molecular formula is C8H17NO2. The van der Waals surface area contributed by atoms with E-state index in [0.29, 0.717) is 13.0 Å². The highest BCUT2D eigenvalue weighted by Crippen LogP contribution is 2.10. The molecule has 0 fully saturated rings. The van der Waals surface area contributed by atoms with Gasteiger partial charge in [-0.05, 0) is 20.3 Å². The molecule has 3 nitrogen and oxygen atoms in total. The number of carbonyl (C=O) groups is 1. The van der Waals surface area contributed by atoms with Gasteiger partial charge >= 0.3 is 5.97 Å². The van der Waals surface area contributed by atoms with Crippen molar-refractivity contribution >= 4 is 5.97 Å². The number of ether oxygens (including phenoxy) is 1. The van der Waals surface area contributed by atoms with E-state index in [1.807, 2.05) is 13.8 Å². The third-order valence-electron chi connectivity index (χ3n) is 1.66. The molecule has 0 amide bonds. The second-order valence-electron chi connectivity index (χ2n) is 2.99. The Hall–Kier alpha value is -0.570. The molecule has 0 saturated heterocycles. The summed E-state index contributed by atoms with van der Waals surface area (Å²) in [6, 6.07) is 0. The second kappa shape index (κ2) is 4.34. The summed E-state index contributed by atoms with van der Waals surface area (Å²) in [5.74, 6) is -0.209. The Morgan fingerprint density at radius 3 is 2.45 bits per heavy atom. The lowest BCUT2D eigenvalue weighted by molar-refractivity contribution is -0.144. The minimum atomic E-state index is -0.410. The Balaban J connectivity index is 3.74. The molecule has 0 aliphatic rings. The van der Waals surface area contributed by atoms with Crippen LogP contribution in [0.1, 0.15) is 33.6 Å². The molecule has 66 valence electrons. The molecule has 0 aliphatic carbocycles. The van der Waals surface area contributed by atoms with Gasteiger partial charge in [-0.1, -0.05) is 6.92 Å². The highest BCUT2D eigenvalue weighted by Gasteiger charge is 2.20. The minimum Gasteiger partial charge on any atom is -0.466 e. The molecule has 0 spiro atoms. The van der Waals surface area contributed by atoms with Gasteiger partial charge in [-0.15, -0.1) is 0 Å². The second-order valence-corrected chi connectivity index (χ2v) is 2.99. The van der Waals surface area contributed by atoms with E-state index in [1.54, 1.807) is 6.92 Å². The average Bonchev–Trinajstić information content (AvgIpc) is 1.87. The van der Waals surface area contributed by atoms with Crippen molar-refractivity contribution in [2.24, 2.45) is 5.73 Å². The van der Waals surface area contributed by atoms with E-state index in [-0.39, 0.29) is 5.97 Å². The zero-order chi connectivity index (χ0) is 8.91. The first kappa shape index (κ1) is 10.4. The minimum absolute atomic E-state index is 0.209. The van der Waals surface area contributed by atoms with Crippen LogP contribution in [0.4, 0.5) is 0 Å². The lowest BCUT2D eigenvalue weighted by Gasteiger charge is -2.20. The predicted molar refractivity (Wildman–Crippen MR) is 44.1 cm³/mol. The number of rotatable bonds is 4. The molecule has 1 atom stereocenters. The largest absolute Gasteiger partial charge is 0.466 e. The molecule has 3 heteroatoms. The van der Waals surface area contributed by atoms with Gasteiger partial charge in [0, 0.05) is 5.54 Å². The van der Waals surface area contributed by atoms with Crippen LogP contribution in [0.3, 0.4) is 0 Å². The Labute approximate surface area is 67.9 Å². The first-order valence-electron chi connectivity index (χ1n) is 3.96. The van der Waals surface area contributed by atoms with E-state index in [9.17, 15) is 4.79 Å². The highest BCUT2D eigenvalue weighted by atomic mass is 16.5. The highest BCUT2D eigenvalue weighted by molar-refractivity contribution is 5.70. The fraction of sp³-hybridized carbons (Fsp3) is 0.875. The summed E-state index contributed by atoms with van der Waals surface area (Å²) in [7, 11) is 0. The standard InChI is InChI=1S/C8H17NO2/c1-4-8(3,9)6-7(10)11-5-2/h4-6,9H2,1-3H3/t8-/m0/s1. The van der Waals surface area contributed by atoms with E-state index in [4.69, 9.17) is 10.5 Å². The first-order chi connectivity index (χ1) is 5.02. The third kappa shape index (κ3) is 4.79. The molecular weight excluding hydrogens is 142 g/mol. The van der Waals surface area contributed by atoms with Crippen LogP contribution in [0.5, 0.6) is 0 Å². The zero-order valence-electron chi connectivity index (χ0n) is 7.52. The van der Waals surface area contributed by atoms with Crippen LogP contribution in [0, 0.1) is 0 Å². The Morgan fingerprint density at radius 2 is 2.09 bits per heavy atom. The molecule has 11 heavy (non-hydrogen) atoms. The molecule has 0 saturated carbocycles. The van der Waals surface area contributed by atoms with Crippen LogP contribution in [0.25, 0.3) is 0 Å². The smallest absolute Gasteiger partial charge is 0.307 e. The van der Waals surface area contributed by atoms with Gasteiger partial charge in [0.15, 0.2) is 0 Å². The molecule has 0 radical (unpaired) electrons. The monoisotopic (exact) mass is 159 g/mol. The number of esters is 1. The zero-order valence-corrected chi connectivity index (χ0v) is 7.52. The summed E-state index contributed by atoms with van der Waals surface area (Å²) in [5, 5.41) is 0. The Morgan fingerprint density at radius 1 is 1.55 bits per heavy atom. The Bertz CT molecular complexity index is 132. The van der Waals surface area contributed by atoms with Crippen LogP contribution < -0.4 is 5.73 Å². The molecule has 0 aliphatic heterocycles. The van der Waals surface area contributed by atoms with E-state index in [1.165, 1.54) is 0 Å². The third-order valence-corrected chi connectivity index (χ3v) is 1.66. The van der Waals surface area contributed by atoms with Gasteiger partial charge in [0.1, 0.15) is 0 Å². The van der Waals surface area contributed by atoms with E-state index in [2.05, 4.69) is 0 Å². The van der Waals surface area contributed by atoms with E-state index < -0.39 is 5.54 Å². The van der Waals surface area contributed by atoms with Crippen molar-refractivity contribution in [3.8, 4) is 0 Å². The molecule has 0 bridgehead atoms. The van der Waals surface area contributed by atoms with Crippen LogP contribution in [-0.4, -0.2) is 18.1 Å². The predicted octanol–water partition coefficient (Wildman–Crippen LogP) is 1.07. The van der Waals surface area contributed by atoms with Gasteiger partial charge in [0.25, 0.3) is 0 Å². The molecule has 0 aromatic rings. The fourth-order valence-electron chi connectivity index (χ4n) is 0.667. The van der Waals surface area contributed by atoms with Gasteiger partial charge in [-0.2, -0.15) is 0 Å². The van der Waals surface area contributed by atoms with Crippen molar-refractivity contribution < 1.29 is 9.53 Å². The van der Waals surface area contributed by atoms with Crippen molar-refractivity contribution in [1.82, 2.24) is 0 Å². The van der Waals surface area contributed by atoms with Gasteiger partial charge in [0.05, 0.1) is 13.0 Å². The maximum atomic E-state index is 10.9. The molecule has 0 aromatic carbocycles. The summed E-state index contributed by atoms with van der Waals surface area (Å²) in [4.78, 5) is 10.9. The van der Waals surface area contributed by atoms with Gasteiger partial charge in [-0.3, -0.25) is 4.79 Å². The molecule has 0 unspecified atom stereocenters. The van der Waals surface area contributed by atoms with Crippen molar-refractivity contribution in [3.05, 3.63) is 0 Å². The lowest BCUT2D eigenvalue weighted by Crippen LogP contribution is -2.38. The summed E-state index contributed by atoms with van der Waals surface area (Å²) < 4.78 is 4.76.